The zero-order chi connectivity index (χ0) is 15.4. The number of halogens is 1. The zero-order valence-electron chi connectivity index (χ0n) is 14.0. The average molecular weight is 312 g/mol. The molecule has 1 atom stereocenters. The van der Waals surface area contributed by atoms with E-state index in [4.69, 9.17) is 11.6 Å². The number of nitrogens with one attached hydrogen (secondary N) is 1. The van der Waals surface area contributed by atoms with Crippen molar-refractivity contribution in [2.75, 3.05) is 7.05 Å². The first-order chi connectivity index (χ1) is 10.1. The molecule has 1 unspecified atom stereocenters. The molecule has 0 aliphatic heterocycles. The van der Waals surface area contributed by atoms with Gasteiger partial charge in [-0.3, -0.25) is 4.68 Å². The Morgan fingerprint density at radius 3 is 2.48 bits per heavy atom. The van der Waals surface area contributed by atoms with Crippen LogP contribution in [0.1, 0.15) is 56.7 Å². The van der Waals surface area contributed by atoms with Crippen LogP contribution in [-0.4, -0.2) is 22.9 Å². The SMILES string of the molecule is CCCC1CCC(C(Cc2c(C)nn(C)c2Cl)NC)CC1. The Morgan fingerprint density at radius 1 is 1.33 bits per heavy atom. The lowest BCUT2D eigenvalue weighted by Crippen LogP contribution is -2.37. The predicted octanol–water partition coefficient (Wildman–Crippen LogP) is 4.12. The molecule has 1 heterocycles. The lowest BCUT2D eigenvalue weighted by Gasteiger charge is -2.34. The molecule has 0 amide bonds. The summed E-state index contributed by atoms with van der Waals surface area (Å²) in [5.74, 6) is 1.74. The smallest absolute Gasteiger partial charge is 0.130 e. The van der Waals surface area contributed by atoms with Crippen LogP contribution in [0.15, 0.2) is 0 Å². The summed E-state index contributed by atoms with van der Waals surface area (Å²) in [7, 11) is 4.01. The van der Waals surface area contributed by atoms with Crippen LogP contribution in [0.5, 0.6) is 0 Å². The molecule has 1 aliphatic carbocycles. The van der Waals surface area contributed by atoms with Gasteiger partial charge < -0.3 is 5.32 Å². The molecule has 1 saturated carbocycles. The summed E-state index contributed by atoms with van der Waals surface area (Å²) in [6, 6.07) is 0.521. The third-order valence-electron chi connectivity index (χ3n) is 5.22. The molecule has 4 heteroatoms. The maximum absolute atomic E-state index is 6.39. The standard InChI is InChI=1S/C17H30ClN3/c1-5-6-13-7-9-14(10-8-13)16(19-3)11-15-12(2)20-21(4)17(15)18/h13-14,16,19H,5-11H2,1-4H3. The van der Waals surface area contributed by atoms with Crippen molar-refractivity contribution in [1.29, 1.82) is 0 Å². The summed E-state index contributed by atoms with van der Waals surface area (Å²) >= 11 is 6.39. The maximum Gasteiger partial charge on any atom is 0.130 e. The van der Waals surface area contributed by atoms with Crippen molar-refractivity contribution in [3.63, 3.8) is 0 Å². The molecule has 1 N–H and O–H groups in total. The van der Waals surface area contributed by atoms with Crippen molar-refractivity contribution >= 4 is 11.6 Å². The van der Waals surface area contributed by atoms with Gasteiger partial charge in [0.25, 0.3) is 0 Å². The lowest BCUT2D eigenvalue weighted by molar-refractivity contribution is 0.217. The van der Waals surface area contributed by atoms with Gasteiger partial charge in [-0.05, 0) is 45.1 Å². The second kappa shape index (κ2) is 7.64. The number of nitrogens with zero attached hydrogens (tertiary/aromatic N) is 2. The van der Waals surface area contributed by atoms with Crippen LogP contribution in [0.2, 0.25) is 5.15 Å². The van der Waals surface area contributed by atoms with E-state index in [-0.39, 0.29) is 0 Å². The maximum atomic E-state index is 6.39. The van der Waals surface area contributed by atoms with Crippen LogP contribution in [0.4, 0.5) is 0 Å². The van der Waals surface area contributed by atoms with E-state index < -0.39 is 0 Å². The van der Waals surface area contributed by atoms with E-state index in [0.717, 1.165) is 29.1 Å². The van der Waals surface area contributed by atoms with E-state index in [0.29, 0.717) is 6.04 Å². The summed E-state index contributed by atoms with van der Waals surface area (Å²) in [6.45, 7) is 4.36. The first kappa shape index (κ1) is 16.8. The fraction of sp³-hybridized carbons (Fsp3) is 0.824. The quantitative estimate of drug-likeness (QED) is 0.856. The second-order valence-corrected chi connectivity index (χ2v) is 7.01. The molecule has 0 aromatic carbocycles. The number of aromatic nitrogens is 2. The van der Waals surface area contributed by atoms with Gasteiger partial charge in [-0.15, -0.1) is 0 Å². The van der Waals surface area contributed by atoms with Crippen molar-refractivity contribution in [2.24, 2.45) is 18.9 Å². The van der Waals surface area contributed by atoms with Crippen LogP contribution in [-0.2, 0) is 13.5 Å². The van der Waals surface area contributed by atoms with Crippen molar-refractivity contribution < 1.29 is 0 Å². The van der Waals surface area contributed by atoms with Crippen LogP contribution < -0.4 is 5.32 Å². The number of likely N-dealkylation sites (N-methyl/N-ethyl adjacent to an activating group) is 1. The average Bonchev–Trinajstić information content (AvgIpc) is 2.72. The number of hydrogen-bond acceptors (Lipinski definition) is 2. The van der Waals surface area contributed by atoms with Gasteiger partial charge in [0, 0.05) is 18.7 Å². The molecule has 0 spiro atoms. The topological polar surface area (TPSA) is 29.9 Å². The fourth-order valence-corrected chi connectivity index (χ4v) is 4.17. The van der Waals surface area contributed by atoms with Crippen LogP contribution in [0.3, 0.4) is 0 Å². The Labute approximate surface area is 134 Å². The highest BCUT2D eigenvalue weighted by Crippen LogP contribution is 2.34. The van der Waals surface area contributed by atoms with E-state index in [9.17, 15) is 0 Å². The molecule has 1 aliphatic rings. The molecule has 120 valence electrons. The normalized spacial score (nSPS) is 24.2. The summed E-state index contributed by atoms with van der Waals surface area (Å²) in [5, 5.41) is 8.77. The van der Waals surface area contributed by atoms with E-state index in [1.165, 1.54) is 44.1 Å². The van der Waals surface area contributed by atoms with Crippen molar-refractivity contribution in [2.45, 2.75) is 64.8 Å². The highest BCUT2D eigenvalue weighted by atomic mass is 35.5. The number of aryl methyl sites for hydroxylation is 2. The molecule has 1 fully saturated rings. The Hall–Kier alpha value is -0.540. The third kappa shape index (κ3) is 4.01. The number of rotatable bonds is 6. The Balaban J connectivity index is 1.97. The molecular formula is C17H30ClN3. The van der Waals surface area contributed by atoms with Gasteiger partial charge in [-0.1, -0.05) is 44.2 Å². The van der Waals surface area contributed by atoms with Crippen molar-refractivity contribution in [3.05, 3.63) is 16.4 Å². The monoisotopic (exact) mass is 311 g/mol. The minimum absolute atomic E-state index is 0.521. The first-order valence-electron chi connectivity index (χ1n) is 8.42. The Bertz CT molecular complexity index is 447. The van der Waals surface area contributed by atoms with Crippen molar-refractivity contribution in [3.8, 4) is 0 Å². The minimum Gasteiger partial charge on any atom is -0.316 e. The molecular weight excluding hydrogens is 282 g/mol. The first-order valence-corrected chi connectivity index (χ1v) is 8.79. The summed E-state index contributed by atoms with van der Waals surface area (Å²) < 4.78 is 1.79. The highest BCUT2D eigenvalue weighted by Gasteiger charge is 2.28. The molecule has 21 heavy (non-hydrogen) atoms. The Kier molecular flexibility index (Phi) is 6.12. The highest BCUT2D eigenvalue weighted by molar-refractivity contribution is 6.30. The predicted molar refractivity (Wildman–Crippen MR) is 89.9 cm³/mol. The van der Waals surface area contributed by atoms with Crippen LogP contribution >= 0.6 is 11.6 Å². The van der Waals surface area contributed by atoms with Gasteiger partial charge in [0.1, 0.15) is 5.15 Å². The summed E-state index contributed by atoms with van der Waals surface area (Å²) in [4.78, 5) is 0. The molecule has 0 saturated heterocycles. The second-order valence-electron chi connectivity index (χ2n) is 6.65. The Morgan fingerprint density at radius 2 is 2.00 bits per heavy atom. The molecule has 2 rings (SSSR count). The molecule has 0 bridgehead atoms. The van der Waals surface area contributed by atoms with E-state index in [2.05, 4.69) is 31.3 Å². The van der Waals surface area contributed by atoms with E-state index in [1.807, 2.05) is 7.05 Å². The molecule has 1 aromatic heterocycles. The molecule has 3 nitrogen and oxygen atoms in total. The zero-order valence-corrected chi connectivity index (χ0v) is 14.7. The molecule has 0 radical (unpaired) electrons. The van der Waals surface area contributed by atoms with E-state index in [1.54, 1.807) is 4.68 Å². The summed E-state index contributed by atoms with van der Waals surface area (Å²) in [6.07, 6.45) is 9.24. The van der Waals surface area contributed by atoms with Crippen LogP contribution in [0.25, 0.3) is 0 Å². The number of hydrogen-bond donors (Lipinski definition) is 1. The van der Waals surface area contributed by atoms with Gasteiger partial charge in [0.2, 0.25) is 0 Å². The largest absolute Gasteiger partial charge is 0.316 e. The van der Waals surface area contributed by atoms with Gasteiger partial charge in [0.05, 0.1) is 5.69 Å². The summed E-state index contributed by atoms with van der Waals surface area (Å²) in [5.41, 5.74) is 2.29. The molecule has 1 aromatic rings. The lowest BCUT2D eigenvalue weighted by atomic mass is 9.76. The third-order valence-corrected chi connectivity index (χ3v) is 5.69. The van der Waals surface area contributed by atoms with Gasteiger partial charge in [-0.2, -0.15) is 5.10 Å². The van der Waals surface area contributed by atoms with E-state index >= 15 is 0 Å². The minimum atomic E-state index is 0.521. The fourth-order valence-electron chi connectivity index (χ4n) is 3.92. The van der Waals surface area contributed by atoms with Crippen LogP contribution in [0, 0.1) is 18.8 Å². The van der Waals surface area contributed by atoms with Gasteiger partial charge in [-0.25, -0.2) is 0 Å². The van der Waals surface area contributed by atoms with Crippen molar-refractivity contribution in [1.82, 2.24) is 15.1 Å². The van der Waals surface area contributed by atoms with Gasteiger partial charge >= 0.3 is 0 Å². The van der Waals surface area contributed by atoms with Gasteiger partial charge in [0.15, 0.2) is 0 Å².